The predicted octanol–water partition coefficient (Wildman–Crippen LogP) is 4.39. The van der Waals surface area contributed by atoms with Crippen LogP contribution in [-0.2, 0) is 19.6 Å². The number of hydrogen-bond donors (Lipinski definition) is 1. The number of carbonyl (C=O) groups excluding carboxylic acids is 2. The van der Waals surface area contributed by atoms with E-state index >= 15 is 0 Å². The monoisotopic (exact) mass is 502 g/mol. The third-order valence-electron chi connectivity index (χ3n) is 5.96. The van der Waals surface area contributed by atoms with Crippen molar-refractivity contribution in [1.29, 1.82) is 0 Å². The average Bonchev–Trinajstić information content (AvgIpc) is 2.86. The molecule has 0 radical (unpaired) electrons. The first-order chi connectivity index (χ1) is 16.8. The third-order valence-corrected chi connectivity index (χ3v) is 7.82. The lowest BCUT2D eigenvalue weighted by Gasteiger charge is -2.31. The maximum absolute atomic E-state index is 13.2. The number of sulfonamides is 1. The fourth-order valence-electron chi connectivity index (χ4n) is 3.95. The van der Waals surface area contributed by atoms with E-state index in [9.17, 15) is 18.0 Å². The Bertz CT molecular complexity index is 1130. The normalized spacial score (nSPS) is 16.5. The van der Waals surface area contributed by atoms with Crippen LogP contribution in [0, 0.1) is 12.8 Å². The lowest BCUT2D eigenvalue weighted by molar-refractivity contribution is -0.120. The largest absolute Gasteiger partial charge is 0.494 e. The van der Waals surface area contributed by atoms with Gasteiger partial charge >= 0.3 is 5.97 Å². The van der Waals surface area contributed by atoms with E-state index in [1.807, 2.05) is 20.8 Å². The average molecular weight is 503 g/mol. The Morgan fingerprint density at radius 3 is 2.51 bits per heavy atom. The topological polar surface area (TPSA) is 102 Å². The van der Waals surface area contributed by atoms with Gasteiger partial charge in [0, 0.05) is 18.8 Å². The molecule has 1 atom stereocenters. The molecule has 1 heterocycles. The second-order valence-electron chi connectivity index (χ2n) is 8.62. The minimum absolute atomic E-state index is 0.113. The molecule has 1 N–H and O–H groups in total. The van der Waals surface area contributed by atoms with Crippen molar-refractivity contribution in [3.8, 4) is 5.75 Å². The minimum Gasteiger partial charge on any atom is -0.494 e. The van der Waals surface area contributed by atoms with E-state index in [2.05, 4.69) is 5.32 Å². The molecule has 1 saturated heterocycles. The first-order valence-corrected chi connectivity index (χ1v) is 13.5. The molecule has 9 heteroatoms. The van der Waals surface area contributed by atoms with Gasteiger partial charge in [0.2, 0.25) is 15.9 Å². The van der Waals surface area contributed by atoms with Crippen LogP contribution >= 0.6 is 0 Å². The molecule has 35 heavy (non-hydrogen) atoms. The number of ether oxygens (including phenoxy) is 2. The highest BCUT2D eigenvalue weighted by Crippen LogP contribution is 2.28. The highest BCUT2D eigenvalue weighted by Gasteiger charge is 2.33. The van der Waals surface area contributed by atoms with Crippen molar-refractivity contribution < 1.29 is 27.5 Å². The number of unbranched alkanes of at least 4 members (excludes halogenated alkanes) is 1. The van der Waals surface area contributed by atoms with Gasteiger partial charge in [0.05, 0.1) is 29.6 Å². The fraction of sp³-hybridized carbons (Fsp3) is 0.462. The zero-order valence-electron chi connectivity index (χ0n) is 20.6. The minimum atomic E-state index is -3.73. The molecule has 0 spiro atoms. The molecular formula is C26H34N2O6S. The Labute approximate surface area is 207 Å². The van der Waals surface area contributed by atoms with Gasteiger partial charge in [-0.15, -0.1) is 0 Å². The number of hydrogen-bond acceptors (Lipinski definition) is 6. The number of nitrogens with one attached hydrogen (secondary N) is 1. The van der Waals surface area contributed by atoms with Gasteiger partial charge in [-0.25, -0.2) is 13.2 Å². The van der Waals surface area contributed by atoms with Crippen molar-refractivity contribution in [2.24, 2.45) is 5.92 Å². The maximum Gasteiger partial charge on any atom is 0.338 e. The van der Waals surface area contributed by atoms with E-state index in [1.54, 1.807) is 42.5 Å². The molecule has 3 rings (SSSR count). The van der Waals surface area contributed by atoms with Crippen molar-refractivity contribution in [2.75, 3.05) is 31.6 Å². The van der Waals surface area contributed by atoms with Crippen molar-refractivity contribution in [3.05, 3.63) is 53.6 Å². The molecule has 190 valence electrons. The number of carbonyl (C=O) groups is 2. The highest BCUT2D eigenvalue weighted by atomic mass is 32.2. The van der Waals surface area contributed by atoms with Gasteiger partial charge in [-0.3, -0.25) is 4.79 Å². The Kier molecular flexibility index (Phi) is 9.28. The van der Waals surface area contributed by atoms with E-state index in [4.69, 9.17) is 9.47 Å². The molecule has 8 nitrogen and oxygen atoms in total. The van der Waals surface area contributed by atoms with Crippen LogP contribution in [0.4, 0.5) is 5.69 Å². The third kappa shape index (κ3) is 6.82. The molecule has 0 aromatic heterocycles. The lowest BCUT2D eigenvalue weighted by Crippen LogP contribution is -2.43. The molecule has 2 aromatic rings. The lowest BCUT2D eigenvalue weighted by atomic mass is 9.98. The molecule has 1 aliphatic rings. The molecule has 1 amide bonds. The van der Waals surface area contributed by atoms with Crippen LogP contribution in [0.15, 0.2) is 47.4 Å². The first-order valence-electron chi connectivity index (χ1n) is 12.1. The molecule has 0 bridgehead atoms. The van der Waals surface area contributed by atoms with Gasteiger partial charge in [-0.1, -0.05) is 13.3 Å². The van der Waals surface area contributed by atoms with Crippen LogP contribution in [0.3, 0.4) is 0 Å². The standard InChI is InChI=1S/C26H34N2O6S/c1-4-6-16-34-26(30)20-9-11-22(12-10-20)27-25(29)21-8-7-15-28(18-21)35(31,32)23-13-14-24(33-5-2)19(3)17-23/h9-14,17,21H,4-8,15-16,18H2,1-3H3,(H,27,29)/t21-/m1/s1. The summed E-state index contributed by atoms with van der Waals surface area (Å²) in [6.45, 7) is 7.07. The van der Waals surface area contributed by atoms with Gasteiger partial charge < -0.3 is 14.8 Å². The Morgan fingerprint density at radius 2 is 1.86 bits per heavy atom. The van der Waals surface area contributed by atoms with Crippen LogP contribution in [-0.4, -0.2) is 50.9 Å². The number of piperidine rings is 1. The Balaban J connectivity index is 1.63. The second kappa shape index (κ2) is 12.2. The number of anilines is 1. The van der Waals surface area contributed by atoms with Crippen LogP contribution in [0.5, 0.6) is 5.75 Å². The van der Waals surface area contributed by atoms with Gasteiger partial charge in [-0.2, -0.15) is 4.31 Å². The SMILES string of the molecule is CCCCOC(=O)c1ccc(NC(=O)[C@@H]2CCCN(S(=O)(=O)c3ccc(OCC)c(C)c3)C2)cc1. The predicted molar refractivity (Wildman–Crippen MR) is 134 cm³/mol. The zero-order valence-corrected chi connectivity index (χ0v) is 21.4. The van der Waals surface area contributed by atoms with Gasteiger partial charge in [0.15, 0.2) is 0 Å². The molecule has 1 fully saturated rings. The summed E-state index contributed by atoms with van der Waals surface area (Å²) in [7, 11) is -3.73. The number of nitrogens with zero attached hydrogens (tertiary/aromatic N) is 1. The summed E-state index contributed by atoms with van der Waals surface area (Å²) in [4.78, 5) is 25.1. The van der Waals surface area contributed by atoms with Gasteiger partial charge in [0.1, 0.15) is 5.75 Å². The second-order valence-corrected chi connectivity index (χ2v) is 10.6. The summed E-state index contributed by atoms with van der Waals surface area (Å²) in [5.41, 5.74) is 1.71. The van der Waals surface area contributed by atoms with Crippen molar-refractivity contribution in [1.82, 2.24) is 4.31 Å². The van der Waals surface area contributed by atoms with Crippen LogP contribution < -0.4 is 10.1 Å². The van der Waals surface area contributed by atoms with Crippen LogP contribution in [0.1, 0.15) is 55.5 Å². The van der Waals surface area contributed by atoms with Gasteiger partial charge in [0.25, 0.3) is 0 Å². The van der Waals surface area contributed by atoms with Crippen molar-refractivity contribution >= 4 is 27.6 Å². The summed E-state index contributed by atoms with van der Waals surface area (Å²) in [5, 5.41) is 2.84. The molecular weight excluding hydrogens is 468 g/mol. The van der Waals surface area contributed by atoms with Crippen molar-refractivity contribution in [3.63, 3.8) is 0 Å². The molecule has 0 aliphatic carbocycles. The van der Waals surface area contributed by atoms with Crippen molar-refractivity contribution in [2.45, 2.75) is 51.3 Å². The zero-order chi connectivity index (χ0) is 25.4. The Hall–Kier alpha value is -2.91. The highest BCUT2D eigenvalue weighted by molar-refractivity contribution is 7.89. The molecule has 0 unspecified atom stereocenters. The first kappa shape index (κ1) is 26.7. The van der Waals surface area contributed by atoms with E-state index in [0.717, 1.165) is 18.4 Å². The van der Waals surface area contributed by atoms with Crippen LogP contribution in [0.25, 0.3) is 0 Å². The van der Waals surface area contributed by atoms with E-state index in [-0.39, 0.29) is 17.3 Å². The van der Waals surface area contributed by atoms with E-state index in [0.29, 0.717) is 49.6 Å². The molecule has 1 aliphatic heterocycles. The number of aryl methyl sites for hydroxylation is 1. The summed E-state index contributed by atoms with van der Waals surface area (Å²) in [6.07, 6.45) is 2.95. The number of benzene rings is 2. The molecule has 0 saturated carbocycles. The summed E-state index contributed by atoms with van der Waals surface area (Å²) in [5.74, 6) is -0.455. The summed E-state index contributed by atoms with van der Waals surface area (Å²) < 4.78 is 38.6. The number of rotatable bonds is 10. The molecule has 2 aromatic carbocycles. The summed E-state index contributed by atoms with van der Waals surface area (Å²) in [6, 6.07) is 11.3. The van der Waals surface area contributed by atoms with E-state index in [1.165, 1.54) is 4.31 Å². The number of esters is 1. The smallest absolute Gasteiger partial charge is 0.338 e. The summed E-state index contributed by atoms with van der Waals surface area (Å²) >= 11 is 0. The quantitative estimate of drug-likeness (QED) is 0.382. The number of amides is 1. The van der Waals surface area contributed by atoms with E-state index < -0.39 is 21.9 Å². The van der Waals surface area contributed by atoms with Crippen LogP contribution in [0.2, 0.25) is 0 Å². The maximum atomic E-state index is 13.2. The van der Waals surface area contributed by atoms with Gasteiger partial charge in [-0.05, 0) is 81.1 Å². The Morgan fingerprint density at radius 1 is 1.11 bits per heavy atom. The fourth-order valence-corrected chi connectivity index (χ4v) is 5.56.